The number of rotatable bonds is 2. The van der Waals surface area contributed by atoms with Gasteiger partial charge >= 0.3 is 0 Å². The van der Waals surface area contributed by atoms with Gasteiger partial charge < -0.3 is 13.7 Å². The van der Waals surface area contributed by atoms with Crippen molar-refractivity contribution in [3.8, 4) is 0 Å². The van der Waals surface area contributed by atoms with Crippen LogP contribution < -0.4 is 26.2 Å². The van der Waals surface area contributed by atoms with E-state index < -0.39 is 0 Å². The first-order chi connectivity index (χ1) is 24.1. The van der Waals surface area contributed by atoms with Crippen LogP contribution in [0.3, 0.4) is 0 Å². The van der Waals surface area contributed by atoms with Gasteiger partial charge in [0.1, 0.15) is 22.8 Å². The lowest BCUT2D eigenvalue weighted by molar-refractivity contribution is 0.620. The van der Waals surface area contributed by atoms with Crippen molar-refractivity contribution < 1.29 is 17.6 Å². The molecule has 0 N–H and O–H groups in total. The normalized spacial score (nSPS) is 13.4. The van der Waals surface area contributed by atoms with Gasteiger partial charge in [0.2, 0.25) is 5.88 Å². The van der Waals surface area contributed by atoms with Crippen LogP contribution in [-0.4, -0.2) is 6.71 Å². The summed E-state index contributed by atoms with van der Waals surface area (Å²) in [5, 5.41) is 5.35. The lowest BCUT2D eigenvalue weighted by Crippen LogP contribution is -2.61. The van der Waals surface area contributed by atoms with Crippen LogP contribution in [0.15, 0.2) is 148 Å². The van der Waals surface area contributed by atoms with Gasteiger partial charge in [-0.25, -0.2) is 8.78 Å². The summed E-state index contributed by atoms with van der Waals surface area (Å²) in [6.07, 6.45) is 0. The first-order valence-electron chi connectivity index (χ1n) is 16.3. The van der Waals surface area contributed by atoms with Crippen LogP contribution >= 0.6 is 0 Å². The lowest BCUT2D eigenvalue weighted by atomic mass is 9.33. The molecule has 9 aromatic rings. The second-order valence-corrected chi connectivity index (χ2v) is 12.7. The van der Waals surface area contributed by atoms with Gasteiger partial charge in [0, 0.05) is 44.4 Å². The van der Waals surface area contributed by atoms with E-state index in [1.165, 1.54) is 24.3 Å². The summed E-state index contributed by atoms with van der Waals surface area (Å²) in [5.74, 6) is 0.0799. The van der Waals surface area contributed by atoms with Crippen molar-refractivity contribution >= 4 is 101 Å². The van der Waals surface area contributed by atoms with Crippen molar-refractivity contribution in [2.75, 3.05) is 9.80 Å². The molecule has 2 aliphatic rings. The predicted molar refractivity (Wildman–Crippen MR) is 195 cm³/mol. The number of anilines is 6. The van der Waals surface area contributed by atoms with Gasteiger partial charge in [0.05, 0.1) is 5.69 Å². The molecule has 49 heavy (non-hydrogen) atoms. The second-order valence-electron chi connectivity index (χ2n) is 12.7. The number of fused-ring (bicyclic) bond motifs is 12. The maximum absolute atomic E-state index is 14.4. The minimum absolute atomic E-state index is 0.220. The largest absolute Gasteiger partial charge is 0.454 e. The van der Waals surface area contributed by atoms with Crippen LogP contribution in [0.25, 0.3) is 43.7 Å². The zero-order valence-corrected chi connectivity index (χ0v) is 25.8. The predicted octanol–water partition coefficient (Wildman–Crippen LogP) is 9.85. The van der Waals surface area contributed by atoms with Gasteiger partial charge in [-0.05, 0) is 94.5 Å². The summed E-state index contributed by atoms with van der Waals surface area (Å²) >= 11 is 0. The molecule has 11 rings (SSSR count). The third-order valence-electron chi connectivity index (χ3n) is 10.2. The zero-order chi connectivity index (χ0) is 32.4. The highest BCUT2D eigenvalue weighted by molar-refractivity contribution is 7.01. The van der Waals surface area contributed by atoms with Crippen LogP contribution in [0.4, 0.5) is 43.1 Å². The Bertz CT molecular complexity index is 2820. The molecule has 0 radical (unpaired) electrons. The van der Waals surface area contributed by atoms with E-state index in [1.807, 2.05) is 48.5 Å². The first kappa shape index (κ1) is 26.7. The van der Waals surface area contributed by atoms with E-state index in [-0.39, 0.29) is 18.3 Å². The molecule has 2 aromatic heterocycles. The SMILES string of the molecule is Fc1ccc(N2c3cccc4c3B(c3ccc5c(oc6ccc7ccccc7c65)c3N4c3ccc(F)cc3)c3c2oc2ccccc32)cc1. The molecule has 2 aliphatic heterocycles. The van der Waals surface area contributed by atoms with Crippen LogP contribution in [0, 0.1) is 11.6 Å². The second kappa shape index (κ2) is 9.61. The topological polar surface area (TPSA) is 32.8 Å². The van der Waals surface area contributed by atoms with E-state index >= 15 is 0 Å². The van der Waals surface area contributed by atoms with E-state index in [4.69, 9.17) is 8.83 Å². The smallest absolute Gasteiger partial charge is 0.257 e. The number of hydrogen-bond acceptors (Lipinski definition) is 4. The van der Waals surface area contributed by atoms with E-state index in [9.17, 15) is 8.78 Å². The summed E-state index contributed by atoms with van der Waals surface area (Å²) in [6, 6.07) is 44.4. The van der Waals surface area contributed by atoms with Gasteiger partial charge in [-0.15, -0.1) is 0 Å². The summed E-state index contributed by atoms with van der Waals surface area (Å²) in [5.41, 5.74) is 9.86. The molecule has 0 saturated heterocycles. The van der Waals surface area contributed by atoms with Gasteiger partial charge in [-0.3, -0.25) is 4.90 Å². The standard InChI is InChI=1S/C42H23BF2N2O2/c44-25-13-17-27(18-14-25)46-33-9-5-10-34-39(33)43(38-30-8-3-4-11-35(30)49-42(38)47(34)28-19-15-26(45)16-20-28)32-22-21-31-37-29-7-2-1-6-24(29)12-23-36(37)48-41(31)40(32)46/h1-23H. The molecule has 0 bridgehead atoms. The van der Waals surface area contributed by atoms with Crippen LogP contribution in [-0.2, 0) is 0 Å². The molecule has 0 unspecified atom stereocenters. The monoisotopic (exact) mass is 636 g/mol. The van der Waals surface area contributed by atoms with Crippen molar-refractivity contribution in [3.63, 3.8) is 0 Å². The van der Waals surface area contributed by atoms with E-state index in [1.54, 1.807) is 12.1 Å². The summed E-state index contributed by atoms with van der Waals surface area (Å²) in [6.45, 7) is -0.220. The third kappa shape index (κ3) is 3.56. The number of halogens is 2. The molecule has 7 aromatic carbocycles. The molecule has 0 fully saturated rings. The zero-order valence-electron chi connectivity index (χ0n) is 25.8. The van der Waals surface area contributed by atoms with Crippen molar-refractivity contribution in [2.45, 2.75) is 0 Å². The Labute approximate surface area is 279 Å². The van der Waals surface area contributed by atoms with Crippen LogP contribution in [0.5, 0.6) is 0 Å². The summed E-state index contributed by atoms with van der Waals surface area (Å²) < 4.78 is 42.3. The van der Waals surface area contributed by atoms with Gasteiger partial charge in [-0.1, -0.05) is 66.7 Å². The van der Waals surface area contributed by atoms with Crippen LogP contribution in [0.2, 0.25) is 0 Å². The van der Waals surface area contributed by atoms with Crippen molar-refractivity contribution in [1.29, 1.82) is 0 Å². The fourth-order valence-electron chi connectivity index (χ4n) is 8.19. The Balaban J connectivity index is 1.30. The minimum atomic E-state index is -0.308. The van der Waals surface area contributed by atoms with Crippen molar-refractivity contribution in [2.24, 2.45) is 0 Å². The van der Waals surface area contributed by atoms with Gasteiger partial charge in [0.25, 0.3) is 6.71 Å². The van der Waals surface area contributed by atoms with E-state index in [0.29, 0.717) is 5.88 Å². The average molecular weight is 636 g/mol. The average Bonchev–Trinajstić information content (AvgIpc) is 3.72. The molecular formula is C42H23BF2N2O2. The molecule has 4 nitrogen and oxygen atoms in total. The van der Waals surface area contributed by atoms with Gasteiger partial charge in [0.15, 0.2) is 5.58 Å². The lowest BCUT2D eigenvalue weighted by Gasteiger charge is -2.42. The summed E-state index contributed by atoms with van der Waals surface area (Å²) in [4.78, 5) is 4.29. The van der Waals surface area contributed by atoms with Crippen LogP contribution in [0.1, 0.15) is 0 Å². The number of hydrogen-bond donors (Lipinski definition) is 0. The number of furan rings is 2. The maximum Gasteiger partial charge on any atom is 0.257 e. The first-order valence-corrected chi connectivity index (χ1v) is 16.3. The quantitative estimate of drug-likeness (QED) is 0.177. The molecule has 0 amide bonds. The number of nitrogens with zero attached hydrogens (tertiary/aromatic N) is 2. The van der Waals surface area contributed by atoms with E-state index in [2.05, 4.69) is 64.4 Å². The highest BCUT2D eigenvalue weighted by atomic mass is 19.1. The van der Waals surface area contributed by atoms with E-state index in [0.717, 1.165) is 88.5 Å². The number of para-hydroxylation sites is 1. The van der Waals surface area contributed by atoms with Crippen molar-refractivity contribution in [1.82, 2.24) is 0 Å². The third-order valence-corrected chi connectivity index (χ3v) is 10.2. The molecule has 0 atom stereocenters. The Morgan fingerprint density at radius 1 is 0.490 bits per heavy atom. The molecule has 7 heteroatoms. The highest BCUT2D eigenvalue weighted by Gasteiger charge is 2.47. The number of benzene rings is 7. The highest BCUT2D eigenvalue weighted by Crippen LogP contribution is 2.48. The fourth-order valence-corrected chi connectivity index (χ4v) is 8.19. The maximum atomic E-state index is 14.4. The van der Waals surface area contributed by atoms with Gasteiger partial charge in [-0.2, -0.15) is 0 Å². The minimum Gasteiger partial charge on any atom is -0.454 e. The Morgan fingerprint density at radius 3 is 1.94 bits per heavy atom. The molecule has 230 valence electrons. The Morgan fingerprint density at radius 2 is 1.16 bits per heavy atom. The summed E-state index contributed by atoms with van der Waals surface area (Å²) in [7, 11) is 0. The molecular weight excluding hydrogens is 613 g/mol. The molecule has 4 heterocycles. The molecule has 0 spiro atoms. The fraction of sp³-hybridized carbons (Fsp3) is 0. The van der Waals surface area contributed by atoms with Crippen molar-refractivity contribution in [3.05, 3.63) is 151 Å². The molecule has 0 aliphatic carbocycles. The molecule has 0 saturated carbocycles. The Kier molecular flexibility index (Phi) is 5.24. The Hall–Kier alpha value is -6.34.